The second kappa shape index (κ2) is 11.3. The van der Waals surface area contributed by atoms with E-state index in [4.69, 9.17) is 4.74 Å². The summed E-state index contributed by atoms with van der Waals surface area (Å²) >= 11 is -0.366. The molecule has 1 nitrogen and oxygen atoms in total. The van der Waals surface area contributed by atoms with E-state index in [2.05, 4.69) is 48.5 Å². The zero-order valence-corrected chi connectivity index (χ0v) is 14.8. The number of hydrogen-bond acceptors (Lipinski definition) is 1. The van der Waals surface area contributed by atoms with Crippen LogP contribution in [0.2, 0.25) is 0 Å². The molecule has 0 heterocycles. The van der Waals surface area contributed by atoms with E-state index in [1.54, 1.807) is 0 Å². The second-order valence-electron chi connectivity index (χ2n) is 4.40. The minimum atomic E-state index is -0.366. The molecule has 0 aromatic heterocycles. The van der Waals surface area contributed by atoms with E-state index in [-0.39, 0.29) is 51.4 Å². The maximum atomic E-state index is 6.01. The van der Waals surface area contributed by atoms with Crippen LogP contribution in [0.5, 0.6) is 11.5 Å². The third-order valence-electron chi connectivity index (χ3n) is 2.91. The molecule has 0 N–H and O–H groups in total. The van der Waals surface area contributed by atoms with Crippen molar-refractivity contribution in [2.45, 2.75) is 7.43 Å². The number of halogens is 2. The molecule has 3 aromatic carbocycles. The number of para-hydroxylation sites is 2. The molecule has 0 amide bonds. The van der Waals surface area contributed by atoms with Crippen molar-refractivity contribution in [3.8, 4) is 11.5 Å². The van der Waals surface area contributed by atoms with Gasteiger partial charge in [-0.25, -0.2) is 0 Å². The summed E-state index contributed by atoms with van der Waals surface area (Å²) in [5, 5.41) is 0. The summed E-state index contributed by atoms with van der Waals surface area (Å²) in [6, 6.07) is 28.9. The fourth-order valence-electron chi connectivity index (χ4n) is 1.95. The summed E-state index contributed by atoms with van der Waals surface area (Å²) in [5.74, 6) is 1.86. The molecule has 0 aliphatic carbocycles. The van der Waals surface area contributed by atoms with Crippen molar-refractivity contribution in [3.63, 3.8) is 0 Å². The van der Waals surface area contributed by atoms with E-state index in [0.29, 0.717) is 0 Å². The zero-order valence-electron chi connectivity index (χ0n) is 11.7. The summed E-state index contributed by atoms with van der Waals surface area (Å²) in [6.45, 7) is 0. The normalized spacial score (nSPS) is 8.52. The molecule has 0 spiro atoms. The van der Waals surface area contributed by atoms with Gasteiger partial charge in [-0.3, -0.25) is 0 Å². The van der Waals surface area contributed by atoms with Gasteiger partial charge >= 0.3 is 128 Å². The van der Waals surface area contributed by atoms with Gasteiger partial charge in [-0.15, -0.1) is 0 Å². The Kier molecular flexibility index (Phi) is 10.7. The summed E-state index contributed by atoms with van der Waals surface area (Å²) in [4.78, 5) is 0. The standard InChI is InChI=1S/C12H9O.C6H5.CH4.2ClH.Ti/c1-3-7-11(8-4-1)13-12-9-5-2-6-10-12;1-2-4-6-5-3-1;;;;/h1-9H;1-5H;1H4;2*1H;/q;;;;;+2/p-2. The first-order valence-corrected chi connectivity index (χ1v) is 8.12. The number of ether oxygens (including phenoxy) is 1. The Hall–Kier alpha value is -1.25. The quantitative estimate of drug-likeness (QED) is 0.483. The third-order valence-corrected chi connectivity index (χ3v) is 4.95. The van der Waals surface area contributed by atoms with Crippen LogP contribution in [0.25, 0.3) is 0 Å². The number of hydrogen-bond donors (Lipinski definition) is 0. The van der Waals surface area contributed by atoms with Crippen molar-refractivity contribution in [2.24, 2.45) is 0 Å². The van der Waals surface area contributed by atoms with E-state index in [1.165, 1.54) is 7.74 Å². The summed E-state index contributed by atoms with van der Waals surface area (Å²) in [7, 11) is 0. The minimum absolute atomic E-state index is 0. The average molecular weight is 381 g/mol. The SMILES string of the molecule is C.[Cl-].[Cl-].c1ccc(Oc2cccc[c]2[Ti+2][c]2ccccc2)cc1. The molecule has 0 saturated heterocycles. The fourth-order valence-corrected chi connectivity index (χ4v) is 3.68. The van der Waals surface area contributed by atoms with Gasteiger partial charge in [0.2, 0.25) is 0 Å². The topological polar surface area (TPSA) is 9.23 Å². The van der Waals surface area contributed by atoms with E-state index in [9.17, 15) is 0 Å². The summed E-state index contributed by atoms with van der Waals surface area (Å²) < 4.78 is 8.75. The molecule has 0 aliphatic rings. The first-order valence-electron chi connectivity index (χ1n) is 6.56. The average Bonchev–Trinajstić information content (AvgIpc) is 2.51. The zero-order chi connectivity index (χ0) is 13.6. The Morgan fingerprint density at radius 1 is 0.609 bits per heavy atom. The van der Waals surface area contributed by atoms with Crippen molar-refractivity contribution in [1.29, 1.82) is 0 Å². The van der Waals surface area contributed by atoms with E-state index >= 15 is 0 Å². The molecule has 4 heteroatoms. The van der Waals surface area contributed by atoms with Crippen LogP contribution in [0, 0.1) is 0 Å². The molecule has 23 heavy (non-hydrogen) atoms. The van der Waals surface area contributed by atoms with Crippen LogP contribution in [-0.4, -0.2) is 0 Å². The second-order valence-corrected chi connectivity index (χ2v) is 6.54. The van der Waals surface area contributed by atoms with Crippen LogP contribution in [0.4, 0.5) is 0 Å². The molecular weight excluding hydrogens is 363 g/mol. The molecular formula is C19H18Cl2OTi. The number of benzene rings is 3. The van der Waals surface area contributed by atoms with Gasteiger partial charge in [0.25, 0.3) is 0 Å². The first-order chi connectivity index (χ1) is 9.92. The van der Waals surface area contributed by atoms with Crippen LogP contribution in [-0.2, 0) is 19.2 Å². The molecule has 0 saturated carbocycles. The Labute approximate surface area is 159 Å². The fraction of sp³-hybridized carbons (Fsp3) is 0.0526. The van der Waals surface area contributed by atoms with Crippen molar-refractivity contribution >= 4 is 7.74 Å². The van der Waals surface area contributed by atoms with Crippen molar-refractivity contribution in [1.82, 2.24) is 0 Å². The molecule has 0 radical (unpaired) electrons. The molecule has 0 aliphatic heterocycles. The summed E-state index contributed by atoms with van der Waals surface area (Å²) in [6.07, 6.45) is 0. The number of rotatable bonds is 4. The van der Waals surface area contributed by atoms with Gasteiger partial charge in [-0.1, -0.05) is 7.43 Å². The van der Waals surface area contributed by atoms with Crippen LogP contribution >= 0.6 is 0 Å². The molecule has 0 fully saturated rings. The van der Waals surface area contributed by atoms with Gasteiger partial charge in [0, 0.05) is 0 Å². The predicted molar refractivity (Wildman–Crippen MR) is 85.4 cm³/mol. The van der Waals surface area contributed by atoms with Crippen molar-refractivity contribution in [3.05, 3.63) is 84.9 Å². The van der Waals surface area contributed by atoms with Gasteiger partial charge in [-0.2, -0.15) is 0 Å². The summed E-state index contributed by atoms with van der Waals surface area (Å²) in [5.41, 5.74) is 0. The Balaban J connectivity index is 0.00000161. The third kappa shape index (κ3) is 6.41. The Morgan fingerprint density at radius 2 is 1.13 bits per heavy atom. The monoisotopic (exact) mass is 380 g/mol. The predicted octanol–water partition coefficient (Wildman–Crippen LogP) is -1.84. The van der Waals surface area contributed by atoms with Gasteiger partial charge in [0.1, 0.15) is 0 Å². The van der Waals surface area contributed by atoms with Crippen LogP contribution < -0.4 is 37.3 Å². The maximum absolute atomic E-state index is 6.01. The van der Waals surface area contributed by atoms with Gasteiger partial charge in [-0.05, 0) is 0 Å². The van der Waals surface area contributed by atoms with Crippen molar-refractivity contribution < 1.29 is 48.7 Å². The Bertz CT molecular complexity index is 615. The van der Waals surface area contributed by atoms with Crippen LogP contribution in [0.15, 0.2) is 84.9 Å². The molecule has 0 bridgehead atoms. The van der Waals surface area contributed by atoms with Crippen LogP contribution in [0.3, 0.4) is 0 Å². The molecule has 118 valence electrons. The van der Waals surface area contributed by atoms with Crippen LogP contribution in [0.1, 0.15) is 7.43 Å². The van der Waals surface area contributed by atoms with Gasteiger partial charge in [0.15, 0.2) is 0 Å². The molecule has 3 aromatic rings. The Morgan fingerprint density at radius 3 is 1.78 bits per heavy atom. The molecule has 3 rings (SSSR count). The first kappa shape index (κ1) is 21.8. The van der Waals surface area contributed by atoms with E-state index in [0.717, 1.165) is 11.5 Å². The van der Waals surface area contributed by atoms with E-state index < -0.39 is 0 Å². The van der Waals surface area contributed by atoms with Gasteiger partial charge < -0.3 is 24.8 Å². The molecule has 0 atom stereocenters. The molecule has 0 unspecified atom stereocenters. The van der Waals surface area contributed by atoms with Crippen molar-refractivity contribution in [2.75, 3.05) is 0 Å². The van der Waals surface area contributed by atoms with Gasteiger partial charge in [0.05, 0.1) is 0 Å². The van der Waals surface area contributed by atoms with E-state index in [1.807, 2.05) is 36.4 Å².